The van der Waals surface area contributed by atoms with Crippen LogP contribution < -0.4 is 10.1 Å². The monoisotopic (exact) mass is 306 g/mol. The number of amides is 1. The quantitative estimate of drug-likeness (QED) is 0.842. The van der Waals surface area contributed by atoms with Crippen LogP contribution in [-0.2, 0) is 4.79 Å². The highest BCUT2D eigenvalue weighted by molar-refractivity contribution is 5.94. The lowest BCUT2D eigenvalue weighted by Crippen LogP contribution is -2.40. The molecule has 0 saturated carbocycles. The third-order valence-corrected chi connectivity index (χ3v) is 2.85. The average molecular weight is 306 g/mol. The first kappa shape index (κ1) is 17.3. The minimum atomic E-state index is -4.74. The third-order valence-electron chi connectivity index (χ3n) is 2.85. The fraction of sp³-hybridized carbons (Fsp3) is 0.462. The van der Waals surface area contributed by atoms with Gasteiger partial charge in [0.1, 0.15) is 5.75 Å². The molecule has 0 bridgehead atoms. The van der Waals surface area contributed by atoms with Gasteiger partial charge in [0.05, 0.1) is 12.6 Å². The predicted molar refractivity (Wildman–Crippen MR) is 70.9 cm³/mol. The maximum absolute atomic E-state index is 12.0. The molecule has 21 heavy (non-hydrogen) atoms. The number of likely N-dealkylation sites (N-methyl/N-ethyl adjacent to an activating group) is 1. The van der Waals surface area contributed by atoms with Gasteiger partial charge in [0.15, 0.2) is 0 Å². The Balaban J connectivity index is 2.61. The van der Waals surface area contributed by atoms with Crippen LogP contribution in [0.3, 0.4) is 0 Å². The van der Waals surface area contributed by atoms with E-state index in [9.17, 15) is 18.0 Å². The third kappa shape index (κ3) is 6.01. The Hall–Kier alpha value is -1.80. The smallest absolute Gasteiger partial charge is 0.406 e. The summed E-state index contributed by atoms with van der Waals surface area (Å²) in [5.41, 5.74) is 0.360. The molecule has 118 valence electrons. The first-order valence-corrected chi connectivity index (χ1v) is 6.20. The van der Waals surface area contributed by atoms with Crippen molar-refractivity contribution < 1.29 is 27.8 Å². The number of nitrogens with zero attached hydrogens (tertiary/aromatic N) is 1. The summed E-state index contributed by atoms with van der Waals surface area (Å²) in [6, 6.07) is 4.38. The second-order valence-electron chi connectivity index (χ2n) is 4.44. The van der Waals surface area contributed by atoms with E-state index in [1.165, 1.54) is 12.1 Å². The number of anilines is 1. The van der Waals surface area contributed by atoms with Crippen LogP contribution >= 0.6 is 0 Å². The number of benzene rings is 1. The molecule has 0 aromatic heterocycles. The summed E-state index contributed by atoms with van der Waals surface area (Å²) in [4.78, 5) is 13.5. The second-order valence-corrected chi connectivity index (χ2v) is 4.44. The van der Waals surface area contributed by atoms with Crippen molar-refractivity contribution in [2.75, 3.05) is 25.5 Å². The Morgan fingerprint density at radius 3 is 2.43 bits per heavy atom. The van der Waals surface area contributed by atoms with E-state index in [1.54, 1.807) is 18.9 Å². The van der Waals surface area contributed by atoms with Crippen molar-refractivity contribution in [3.05, 3.63) is 24.3 Å². The standard InChI is InChI=1S/C13H17F3N2O3/c1-9(18(2)7-8-19)12(20)17-10-3-5-11(6-4-10)21-13(14,15)16/h3-6,9,19H,7-8H2,1-2H3,(H,17,20). The number of halogens is 3. The van der Waals surface area contributed by atoms with Crippen LogP contribution in [0.15, 0.2) is 24.3 Å². The van der Waals surface area contributed by atoms with Crippen molar-refractivity contribution in [1.82, 2.24) is 4.90 Å². The summed E-state index contributed by atoms with van der Waals surface area (Å²) in [6.45, 7) is 1.93. The van der Waals surface area contributed by atoms with Crippen molar-refractivity contribution in [3.63, 3.8) is 0 Å². The highest BCUT2D eigenvalue weighted by Crippen LogP contribution is 2.24. The summed E-state index contributed by atoms with van der Waals surface area (Å²) in [5, 5.41) is 11.4. The zero-order chi connectivity index (χ0) is 16.0. The van der Waals surface area contributed by atoms with Crippen molar-refractivity contribution in [3.8, 4) is 5.75 Å². The van der Waals surface area contributed by atoms with Crippen LogP contribution in [0.4, 0.5) is 18.9 Å². The number of alkyl halides is 3. The van der Waals surface area contributed by atoms with Gasteiger partial charge in [0.25, 0.3) is 0 Å². The van der Waals surface area contributed by atoms with Crippen LogP contribution in [0, 0.1) is 0 Å². The van der Waals surface area contributed by atoms with Crippen molar-refractivity contribution in [1.29, 1.82) is 0 Å². The summed E-state index contributed by atoms with van der Waals surface area (Å²) < 4.78 is 39.7. The van der Waals surface area contributed by atoms with E-state index in [-0.39, 0.29) is 18.3 Å². The lowest BCUT2D eigenvalue weighted by molar-refractivity contribution is -0.274. The molecule has 1 atom stereocenters. The van der Waals surface area contributed by atoms with Gasteiger partial charge in [0, 0.05) is 12.2 Å². The molecule has 0 saturated heterocycles. The Kier molecular flexibility index (Phi) is 5.98. The predicted octanol–water partition coefficient (Wildman–Crippen LogP) is 1.84. The summed E-state index contributed by atoms with van der Waals surface area (Å²) in [5.74, 6) is -0.679. The molecule has 1 amide bonds. The van der Waals surface area contributed by atoms with Crippen molar-refractivity contribution in [2.24, 2.45) is 0 Å². The molecule has 0 aliphatic rings. The van der Waals surface area contributed by atoms with E-state index in [2.05, 4.69) is 10.1 Å². The van der Waals surface area contributed by atoms with Crippen molar-refractivity contribution >= 4 is 11.6 Å². The lowest BCUT2D eigenvalue weighted by Gasteiger charge is -2.22. The number of rotatable bonds is 6. The lowest BCUT2D eigenvalue weighted by atomic mass is 10.2. The topological polar surface area (TPSA) is 61.8 Å². The van der Waals surface area contributed by atoms with E-state index in [0.717, 1.165) is 12.1 Å². The molecule has 0 fully saturated rings. The normalized spacial score (nSPS) is 13.1. The van der Waals surface area contributed by atoms with E-state index >= 15 is 0 Å². The van der Waals surface area contributed by atoms with Gasteiger partial charge in [0.2, 0.25) is 5.91 Å². The van der Waals surface area contributed by atoms with Crippen LogP contribution in [0.5, 0.6) is 5.75 Å². The number of hydrogen-bond acceptors (Lipinski definition) is 4. The zero-order valence-electron chi connectivity index (χ0n) is 11.6. The van der Waals surface area contributed by atoms with Gasteiger partial charge in [-0.2, -0.15) is 0 Å². The molecule has 0 heterocycles. The van der Waals surface area contributed by atoms with Gasteiger partial charge in [-0.3, -0.25) is 9.69 Å². The SMILES string of the molecule is CC(C(=O)Nc1ccc(OC(F)(F)F)cc1)N(C)CCO. The van der Waals surface area contributed by atoms with E-state index in [4.69, 9.17) is 5.11 Å². The Morgan fingerprint density at radius 2 is 1.95 bits per heavy atom. The number of aliphatic hydroxyl groups excluding tert-OH is 1. The van der Waals surface area contributed by atoms with E-state index in [0.29, 0.717) is 12.2 Å². The molecule has 0 radical (unpaired) electrons. The van der Waals surface area contributed by atoms with E-state index < -0.39 is 12.4 Å². The van der Waals surface area contributed by atoms with Crippen LogP contribution in [0.2, 0.25) is 0 Å². The average Bonchev–Trinajstić information content (AvgIpc) is 2.38. The van der Waals surface area contributed by atoms with E-state index in [1.807, 2.05) is 0 Å². The first-order chi connectivity index (χ1) is 9.73. The molecular weight excluding hydrogens is 289 g/mol. The van der Waals surface area contributed by atoms with Gasteiger partial charge in [-0.15, -0.1) is 13.2 Å². The number of hydrogen-bond donors (Lipinski definition) is 2. The number of carbonyl (C=O) groups excluding carboxylic acids is 1. The second kappa shape index (κ2) is 7.28. The highest BCUT2D eigenvalue weighted by Gasteiger charge is 2.31. The van der Waals surface area contributed by atoms with Crippen LogP contribution in [-0.4, -0.2) is 48.5 Å². The van der Waals surface area contributed by atoms with Gasteiger partial charge < -0.3 is 15.2 Å². The highest BCUT2D eigenvalue weighted by atomic mass is 19.4. The first-order valence-electron chi connectivity index (χ1n) is 6.20. The Labute approximate surface area is 120 Å². The fourth-order valence-electron chi connectivity index (χ4n) is 1.54. The zero-order valence-corrected chi connectivity index (χ0v) is 11.6. The Morgan fingerprint density at radius 1 is 1.38 bits per heavy atom. The van der Waals surface area contributed by atoms with Gasteiger partial charge in [-0.05, 0) is 38.2 Å². The largest absolute Gasteiger partial charge is 0.573 e. The minimum absolute atomic E-state index is 0.0718. The fourth-order valence-corrected chi connectivity index (χ4v) is 1.54. The minimum Gasteiger partial charge on any atom is -0.406 e. The molecule has 1 aromatic rings. The molecule has 0 aliphatic heterocycles. The molecule has 8 heteroatoms. The maximum Gasteiger partial charge on any atom is 0.573 e. The molecular formula is C13H17F3N2O3. The molecule has 0 aliphatic carbocycles. The number of nitrogens with one attached hydrogen (secondary N) is 1. The molecule has 1 unspecified atom stereocenters. The molecule has 5 nitrogen and oxygen atoms in total. The van der Waals surface area contributed by atoms with Crippen LogP contribution in [0.1, 0.15) is 6.92 Å². The maximum atomic E-state index is 12.0. The van der Waals surface area contributed by atoms with Gasteiger partial charge in [-0.25, -0.2) is 0 Å². The summed E-state index contributed by atoms with van der Waals surface area (Å²) in [6.07, 6.45) is -4.74. The molecule has 1 rings (SSSR count). The van der Waals surface area contributed by atoms with Gasteiger partial charge in [-0.1, -0.05) is 0 Å². The molecule has 2 N–H and O–H groups in total. The molecule has 1 aromatic carbocycles. The van der Waals surface area contributed by atoms with Gasteiger partial charge >= 0.3 is 6.36 Å². The van der Waals surface area contributed by atoms with Crippen LogP contribution in [0.25, 0.3) is 0 Å². The Bertz CT molecular complexity index is 463. The number of aliphatic hydroxyl groups is 1. The number of carbonyl (C=O) groups is 1. The summed E-state index contributed by atoms with van der Waals surface area (Å²) in [7, 11) is 1.68. The summed E-state index contributed by atoms with van der Waals surface area (Å²) >= 11 is 0. The number of ether oxygens (including phenoxy) is 1. The molecule has 0 spiro atoms. The van der Waals surface area contributed by atoms with Crippen molar-refractivity contribution in [2.45, 2.75) is 19.3 Å².